The lowest BCUT2D eigenvalue weighted by atomic mass is 9.99. The van der Waals surface area contributed by atoms with Gasteiger partial charge >= 0.3 is 12.1 Å². The average Bonchev–Trinajstić information content (AvgIpc) is 3.40. The highest BCUT2D eigenvalue weighted by Gasteiger charge is 2.41. The molecule has 0 fully saturated rings. The second kappa shape index (κ2) is 10.9. The third-order valence-corrected chi connectivity index (χ3v) is 6.58. The van der Waals surface area contributed by atoms with E-state index in [1.165, 1.54) is 17.7 Å². The number of benzene rings is 2. The van der Waals surface area contributed by atoms with Gasteiger partial charge in [-0.2, -0.15) is 18.3 Å². The number of pyridine rings is 2. The topological polar surface area (TPSA) is 90.1 Å². The second-order valence-corrected chi connectivity index (χ2v) is 9.66. The molecular weight excluding hydrogens is 533 g/mol. The first-order chi connectivity index (χ1) is 19.5. The molecule has 0 saturated carbocycles. The molecule has 0 spiro atoms. The third kappa shape index (κ3) is 5.81. The van der Waals surface area contributed by atoms with E-state index in [-0.39, 0.29) is 18.3 Å². The molecule has 3 aromatic heterocycles. The summed E-state index contributed by atoms with van der Waals surface area (Å²) in [5.41, 5.74) is 4.54. The molecule has 3 heterocycles. The van der Waals surface area contributed by atoms with E-state index in [4.69, 9.17) is 4.74 Å². The average molecular weight is 559 g/mol. The van der Waals surface area contributed by atoms with E-state index < -0.39 is 23.4 Å². The van der Waals surface area contributed by atoms with E-state index in [0.29, 0.717) is 22.1 Å². The molecular formula is C31H25F3N4O3. The number of aryl methyl sites for hydroxylation is 3. The molecule has 0 aliphatic carbocycles. The molecule has 2 aromatic carbocycles. The van der Waals surface area contributed by atoms with Crippen LogP contribution in [0.5, 0.6) is 5.88 Å². The lowest BCUT2D eigenvalue weighted by Gasteiger charge is -2.15. The standard InChI is InChI=1S/C31H25F3N4O3/c1-18-7-9-21(10-8-18)22-11-12-23(20(3)14-22)17-41-29-24(13-19(2)15-35-29)26-5-4-6-27(37-26)38-28(31(32,33)34)25(16-36-38)30(39)40/h4-16H,17H2,1-3H3,(H,39,40). The van der Waals surface area contributed by atoms with Gasteiger partial charge < -0.3 is 9.84 Å². The molecule has 0 aliphatic heterocycles. The molecule has 0 radical (unpaired) electrons. The highest BCUT2D eigenvalue weighted by atomic mass is 19.4. The Balaban J connectivity index is 1.45. The Kier molecular flexibility index (Phi) is 7.32. The first-order valence-corrected chi connectivity index (χ1v) is 12.6. The number of alkyl halides is 3. The van der Waals surface area contributed by atoms with E-state index in [1.807, 2.05) is 32.9 Å². The van der Waals surface area contributed by atoms with Crippen LogP contribution in [0, 0.1) is 20.8 Å². The zero-order valence-electron chi connectivity index (χ0n) is 22.4. The predicted molar refractivity (Wildman–Crippen MR) is 147 cm³/mol. The number of hydrogen-bond donors (Lipinski definition) is 1. The fourth-order valence-electron chi connectivity index (χ4n) is 4.43. The van der Waals surface area contributed by atoms with Gasteiger partial charge in [-0.05, 0) is 66.8 Å². The summed E-state index contributed by atoms with van der Waals surface area (Å²) in [6, 6.07) is 20.6. The second-order valence-electron chi connectivity index (χ2n) is 9.66. The number of aromatic carboxylic acids is 1. The Bertz CT molecular complexity index is 1750. The van der Waals surface area contributed by atoms with Gasteiger partial charge in [0.15, 0.2) is 11.5 Å². The van der Waals surface area contributed by atoms with Crippen LogP contribution in [0.4, 0.5) is 13.2 Å². The van der Waals surface area contributed by atoms with Crippen molar-refractivity contribution in [2.75, 3.05) is 0 Å². The predicted octanol–water partition coefficient (Wildman–Crippen LogP) is 7.22. The van der Waals surface area contributed by atoms with Crippen LogP contribution in [0.25, 0.3) is 28.2 Å². The number of carboxylic acid groups (broad SMARTS) is 1. The van der Waals surface area contributed by atoms with Crippen LogP contribution in [0.1, 0.15) is 38.3 Å². The Morgan fingerprint density at radius 2 is 1.66 bits per heavy atom. The molecule has 0 bridgehead atoms. The molecule has 10 heteroatoms. The van der Waals surface area contributed by atoms with Gasteiger partial charge in [-0.3, -0.25) is 0 Å². The van der Waals surface area contributed by atoms with Gasteiger partial charge in [-0.1, -0.05) is 54.1 Å². The minimum absolute atomic E-state index is 0.197. The minimum Gasteiger partial charge on any atom is -0.478 e. The van der Waals surface area contributed by atoms with E-state index in [9.17, 15) is 23.1 Å². The summed E-state index contributed by atoms with van der Waals surface area (Å²) in [6.45, 7) is 6.08. The molecule has 0 saturated heterocycles. The number of nitrogens with zero attached hydrogens (tertiary/aromatic N) is 4. The van der Waals surface area contributed by atoms with Gasteiger partial charge in [0.05, 0.1) is 17.5 Å². The van der Waals surface area contributed by atoms with Crippen LogP contribution in [-0.2, 0) is 12.8 Å². The number of hydrogen-bond acceptors (Lipinski definition) is 5. The summed E-state index contributed by atoms with van der Waals surface area (Å²) in [5, 5.41) is 12.9. The van der Waals surface area contributed by atoms with Crippen LogP contribution in [0.3, 0.4) is 0 Å². The summed E-state index contributed by atoms with van der Waals surface area (Å²) < 4.78 is 47.9. The number of carboxylic acids is 1. The lowest BCUT2D eigenvalue weighted by molar-refractivity contribution is -0.143. The van der Waals surface area contributed by atoms with Crippen LogP contribution in [-0.4, -0.2) is 30.8 Å². The van der Waals surface area contributed by atoms with Crippen molar-refractivity contribution in [1.29, 1.82) is 0 Å². The highest BCUT2D eigenvalue weighted by Crippen LogP contribution is 2.35. The SMILES string of the molecule is Cc1ccc(-c2ccc(COc3ncc(C)cc3-c3cccc(-n4ncc(C(=O)O)c4C(F)(F)F)n3)c(C)c2)cc1. The van der Waals surface area contributed by atoms with Gasteiger partial charge in [0.25, 0.3) is 0 Å². The Hall–Kier alpha value is -4.99. The van der Waals surface area contributed by atoms with Crippen LogP contribution in [0.2, 0.25) is 0 Å². The highest BCUT2D eigenvalue weighted by molar-refractivity contribution is 5.89. The van der Waals surface area contributed by atoms with E-state index in [1.54, 1.807) is 18.3 Å². The summed E-state index contributed by atoms with van der Waals surface area (Å²) in [7, 11) is 0. The van der Waals surface area contributed by atoms with Crippen LogP contribution in [0.15, 0.2) is 79.1 Å². The summed E-state index contributed by atoms with van der Waals surface area (Å²) >= 11 is 0. The Morgan fingerprint density at radius 1 is 0.927 bits per heavy atom. The van der Waals surface area contributed by atoms with Gasteiger partial charge in [-0.25, -0.2) is 19.4 Å². The van der Waals surface area contributed by atoms with E-state index in [2.05, 4.69) is 45.4 Å². The van der Waals surface area contributed by atoms with Gasteiger partial charge in [0.1, 0.15) is 12.2 Å². The van der Waals surface area contributed by atoms with Gasteiger partial charge in [0, 0.05) is 6.20 Å². The zero-order valence-corrected chi connectivity index (χ0v) is 22.4. The summed E-state index contributed by atoms with van der Waals surface area (Å²) in [5.74, 6) is -1.68. The molecule has 0 amide bonds. The summed E-state index contributed by atoms with van der Waals surface area (Å²) in [6.07, 6.45) is -2.67. The number of aromatic nitrogens is 4. The molecule has 0 unspecified atom stereocenters. The molecule has 5 aromatic rings. The first kappa shape index (κ1) is 27.6. The first-order valence-electron chi connectivity index (χ1n) is 12.6. The molecule has 41 heavy (non-hydrogen) atoms. The quantitative estimate of drug-likeness (QED) is 0.227. The number of ether oxygens (including phenoxy) is 1. The van der Waals surface area contributed by atoms with Gasteiger partial charge in [0.2, 0.25) is 5.88 Å². The fraction of sp³-hybridized carbons (Fsp3) is 0.161. The van der Waals surface area contributed by atoms with Gasteiger partial charge in [-0.15, -0.1) is 0 Å². The van der Waals surface area contributed by atoms with Crippen molar-refractivity contribution in [2.45, 2.75) is 33.6 Å². The fourth-order valence-corrected chi connectivity index (χ4v) is 4.43. The van der Waals surface area contributed by atoms with Crippen LogP contribution >= 0.6 is 0 Å². The number of halogens is 3. The molecule has 208 valence electrons. The van der Waals surface area contributed by atoms with Crippen molar-refractivity contribution in [2.24, 2.45) is 0 Å². The van der Waals surface area contributed by atoms with Crippen molar-refractivity contribution in [3.8, 4) is 34.1 Å². The molecule has 0 atom stereocenters. The minimum atomic E-state index is -4.96. The van der Waals surface area contributed by atoms with Crippen LogP contribution < -0.4 is 4.74 Å². The third-order valence-electron chi connectivity index (χ3n) is 6.58. The molecule has 0 aliphatic rings. The maximum atomic E-state index is 13.8. The molecule has 1 N–H and O–H groups in total. The van der Waals surface area contributed by atoms with E-state index >= 15 is 0 Å². The summed E-state index contributed by atoms with van der Waals surface area (Å²) in [4.78, 5) is 20.2. The van der Waals surface area contributed by atoms with Crippen molar-refractivity contribution >= 4 is 5.97 Å². The Morgan fingerprint density at radius 3 is 2.34 bits per heavy atom. The maximum Gasteiger partial charge on any atom is 0.434 e. The largest absolute Gasteiger partial charge is 0.478 e. The number of rotatable bonds is 7. The van der Waals surface area contributed by atoms with Crippen molar-refractivity contribution in [3.63, 3.8) is 0 Å². The Labute approximate surface area is 233 Å². The molecule has 5 rings (SSSR count). The molecule has 7 nitrogen and oxygen atoms in total. The smallest absolute Gasteiger partial charge is 0.434 e. The van der Waals surface area contributed by atoms with Crippen molar-refractivity contribution < 1.29 is 27.8 Å². The maximum absolute atomic E-state index is 13.8. The van der Waals surface area contributed by atoms with Crippen molar-refractivity contribution in [1.82, 2.24) is 19.7 Å². The lowest BCUT2D eigenvalue weighted by Crippen LogP contribution is -2.18. The monoisotopic (exact) mass is 558 g/mol. The van der Waals surface area contributed by atoms with E-state index in [0.717, 1.165) is 27.8 Å². The number of carbonyl (C=O) groups is 1. The van der Waals surface area contributed by atoms with Crippen molar-refractivity contribution in [3.05, 3.63) is 113 Å². The zero-order chi connectivity index (χ0) is 29.3. The normalized spacial score (nSPS) is 11.5.